The van der Waals surface area contributed by atoms with Crippen LogP contribution in [0.25, 0.3) is 0 Å². The van der Waals surface area contributed by atoms with E-state index in [1.54, 1.807) is 0 Å². The van der Waals surface area contributed by atoms with Crippen molar-refractivity contribution in [1.82, 2.24) is 4.98 Å². The smallest absolute Gasteiger partial charge is 0.477 e. The molecular weight excluding hydrogens is 261 g/mol. The number of carbonyl (C=O) groups is 1. The highest BCUT2D eigenvalue weighted by Gasteiger charge is 2.38. The van der Waals surface area contributed by atoms with Crippen LogP contribution in [0.1, 0.15) is 15.9 Å². The molecule has 18 heavy (non-hydrogen) atoms. The molecule has 1 rings (SSSR count). The molecule has 98 valence electrons. The predicted octanol–water partition coefficient (Wildman–Crippen LogP) is 1.90. The van der Waals surface area contributed by atoms with Gasteiger partial charge in [-0.25, -0.2) is 9.78 Å². The van der Waals surface area contributed by atoms with Crippen LogP contribution < -0.4 is 4.74 Å². The molecule has 0 amide bonds. The second kappa shape index (κ2) is 4.47. The van der Waals surface area contributed by atoms with Crippen molar-refractivity contribution in [3.63, 3.8) is 0 Å². The number of carboxylic acid groups (broad SMARTS) is 1. The average Bonchev–Trinajstić information content (AvgIpc) is 2.17. The average molecular weight is 266 g/mol. The molecule has 1 aromatic heterocycles. The van der Waals surface area contributed by atoms with Crippen molar-refractivity contribution < 1.29 is 32.7 Å². The lowest BCUT2D eigenvalue weighted by molar-refractivity contribution is -0.389. The first-order chi connectivity index (χ1) is 8.13. The summed E-state index contributed by atoms with van der Waals surface area (Å²) in [4.78, 5) is 23.2. The van der Waals surface area contributed by atoms with Gasteiger partial charge in [-0.05, 0) is 12.5 Å². The lowest BCUT2D eigenvalue weighted by atomic mass is 10.1. The number of aromatic carboxylic acids is 1. The number of alkyl halides is 3. The van der Waals surface area contributed by atoms with Crippen LogP contribution in [0.3, 0.4) is 0 Å². The van der Waals surface area contributed by atoms with E-state index in [4.69, 9.17) is 5.11 Å². The molecule has 10 heteroatoms. The lowest BCUT2D eigenvalue weighted by Gasteiger charge is -2.10. The monoisotopic (exact) mass is 266 g/mol. The van der Waals surface area contributed by atoms with Gasteiger partial charge >= 0.3 is 23.9 Å². The fourth-order valence-electron chi connectivity index (χ4n) is 1.20. The number of carboxylic acids is 1. The van der Waals surface area contributed by atoms with E-state index in [9.17, 15) is 28.1 Å². The Labute approximate surface area is 97.0 Å². The molecule has 0 bridgehead atoms. The second-order valence-corrected chi connectivity index (χ2v) is 3.08. The Hall–Kier alpha value is -2.39. The number of aromatic nitrogens is 1. The molecule has 0 saturated heterocycles. The van der Waals surface area contributed by atoms with Crippen molar-refractivity contribution in [3.8, 4) is 5.88 Å². The van der Waals surface area contributed by atoms with Gasteiger partial charge in [0.25, 0.3) is 0 Å². The molecular formula is C8H5F3N2O5. The molecule has 0 aliphatic carbocycles. The highest BCUT2D eigenvalue weighted by molar-refractivity contribution is 5.94. The predicted molar refractivity (Wildman–Crippen MR) is 49.3 cm³/mol. The first-order valence-electron chi connectivity index (χ1n) is 4.26. The van der Waals surface area contributed by atoms with E-state index < -0.39 is 34.4 Å². The summed E-state index contributed by atoms with van der Waals surface area (Å²) in [5, 5.41) is 19.4. The molecule has 1 heterocycles. The van der Waals surface area contributed by atoms with Crippen LogP contribution in [-0.2, 0) is 0 Å². The third-order valence-corrected chi connectivity index (χ3v) is 1.82. The molecule has 0 atom stereocenters. The first kappa shape index (κ1) is 13.7. The van der Waals surface area contributed by atoms with Crippen LogP contribution in [0.4, 0.5) is 18.9 Å². The number of halogens is 3. The normalized spacial score (nSPS) is 11.1. The molecule has 1 aromatic rings. The van der Waals surface area contributed by atoms with Gasteiger partial charge in [-0.3, -0.25) is 10.1 Å². The van der Waals surface area contributed by atoms with Crippen molar-refractivity contribution in [1.29, 1.82) is 0 Å². The largest absolute Gasteiger partial charge is 0.574 e. The maximum absolute atomic E-state index is 12.0. The van der Waals surface area contributed by atoms with E-state index in [0.29, 0.717) is 0 Å². The molecule has 0 radical (unpaired) electrons. The maximum Gasteiger partial charge on any atom is 0.574 e. The number of hydrogen-bond acceptors (Lipinski definition) is 5. The molecule has 0 saturated carbocycles. The summed E-state index contributed by atoms with van der Waals surface area (Å²) in [7, 11) is 0. The van der Waals surface area contributed by atoms with Crippen LogP contribution in [0.15, 0.2) is 6.20 Å². The summed E-state index contributed by atoms with van der Waals surface area (Å²) in [6, 6.07) is 0. The van der Waals surface area contributed by atoms with E-state index in [1.807, 2.05) is 0 Å². The Kier molecular flexibility index (Phi) is 3.39. The fraction of sp³-hybridized carbons (Fsp3) is 0.250. The molecule has 0 aliphatic rings. The summed E-state index contributed by atoms with van der Waals surface area (Å²) >= 11 is 0. The third-order valence-electron chi connectivity index (χ3n) is 1.82. The van der Waals surface area contributed by atoms with Crippen molar-refractivity contribution in [2.45, 2.75) is 13.3 Å². The third kappa shape index (κ3) is 2.84. The molecule has 7 nitrogen and oxygen atoms in total. The van der Waals surface area contributed by atoms with Crippen LogP contribution >= 0.6 is 0 Å². The molecule has 0 aromatic carbocycles. The van der Waals surface area contributed by atoms with Gasteiger partial charge < -0.3 is 9.84 Å². The maximum atomic E-state index is 12.0. The summed E-state index contributed by atoms with van der Waals surface area (Å²) in [5.41, 5.74) is -2.38. The summed E-state index contributed by atoms with van der Waals surface area (Å²) in [5.74, 6) is -3.15. The van der Waals surface area contributed by atoms with E-state index in [-0.39, 0.29) is 5.56 Å². The van der Waals surface area contributed by atoms with Crippen molar-refractivity contribution in [2.75, 3.05) is 0 Å². The summed E-state index contributed by atoms with van der Waals surface area (Å²) in [6.07, 6.45) is -4.46. The number of pyridine rings is 1. The zero-order chi connectivity index (χ0) is 14.1. The topological polar surface area (TPSA) is 103 Å². The van der Waals surface area contributed by atoms with Gasteiger partial charge in [0.05, 0.1) is 4.92 Å². The fourth-order valence-corrected chi connectivity index (χ4v) is 1.20. The number of ether oxygens (including phenoxy) is 1. The molecule has 0 unspecified atom stereocenters. The Bertz CT molecular complexity index is 514. The van der Waals surface area contributed by atoms with E-state index >= 15 is 0 Å². The molecule has 1 N–H and O–H groups in total. The lowest BCUT2D eigenvalue weighted by Crippen LogP contribution is -2.20. The SMILES string of the molecule is Cc1cnc(OC(F)(F)F)c([N+](=O)[O-])c1C(=O)O. The van der Waals surface area contributed by atoms with Crippen LogP contribution in [0.2, 0.25) is 0 Å². The minimum absolute atomic E-state index is 0.149. The van der Waals surface area contributed by atoms with E-state index in [0.717, 1.165) is 6.20 Å². The van der Waals surface area contributed by atoms with Gasteiger partial charge in [0.15, 0.2) is 0 Å². The standard InChI is InChI=1S/C8H5F3N2O5/c1-3-2-12-6(18-8(9,10)11)5(13(16)17)4(3)7(14)15/h2H,1H3,(H,14,15). The van der Waals surface area contributed by atoms with Crippen molar-refractivity contribution >= 4 is 11.7 Å². The molecule has 0 fully saturated rings. The summed E-state index contributed by atoms with van der Waals surface area (Å²) < 4.78 is 39.3. The number of rotatable bonds is 3. The first-order valence-corrected chi connectivity index (χ1v) is 4.26. The zero-order valence-electron chi connectivity index (χ0n) is 8.69. The van der Waals surface area contributed by atoms with Gasteiger partial charge in [0, 0.05) is 6.20 Å². The van der Waals surface area contributed by atoms with Crippen LogP contribution in [0, 0.1) is 17.0 Å². The van der Waals surface area contributed by atoms with Gasteiger partial charge in [-0.15, -0.1) is 13.2 Å². The number of aryl methyl sites for hydroxylation is 1. The Morgan fingerprint density at radius 1 is 1.56 bits per heavy atom. The van der Waals surface area contributed by atoms with Crippen molar-refractivity contribution in [3.05, 3.63) is 27.4 Å². The summed E-state index contributed by atoms with van der Waals surface area (Å²) in [6.45, 7) is 1.17. The van der Waals surface area contributed by atoms with Gasteiger partial charge in [0.2, 0.25) is 0 Å². The quantitative estimate of drug-likeness (QED) is 0.662. The number of nitrogens with zero attached hydrogens (tertiary/aromatic N) is 2. The van der Waals surface area contributed by atoms with E-state index in [2.05, 4.69) is 9.72 Å². The Balaban J connectivity index is 3.49. The minimum Gasteiger partial charge on any atom is -0.477 e. The minimum atomic E-state index is -5.21. The zero-order valence-corrected chi connectivity index (χ0v) is 8.69. The van der Waals surface area contributed by atoms with Gasteiger partial charge in [0.1, 0.15) is 5.56 Å². The molecule has 0 spiro atoms. The van der Waals surface area contributed by atoms with Crippen molar-refractivity contribution in [2.24, 2.45) is 0 Å². The van der Waals surface area contributed by atoms with Gasteiger partial charge in [-0.1, -0.05) is 0 Å². The molecule has 0 aliphatic heterocycles. The van der Waals surface area contributed by atoms with Crippen LogP contribution in [-0.4, -0.2) is 27.3 Å². The van der Waals surface area contributed by atoms with E-state index in [1.165, 1.54) is 6.92 Å². The van der Waals surface area contributed by atoms with Crippen LogP contribution in [0.5, 0.6) is 5.88 Å². The number of hydrogen-bond donors (Lipinski definition) is 1. The Morgan fingerprint density at radius 3 is 2.50 bits per heavy atom. The number of nitro groups is 1. The highest BCUT2D eigenvalue weighted by Crippen LogP contribution is 2.34. The second-order valence-electron chi connectivity index (χ2n) is 3.08. The highest BCUT2D eigenvalue weighted by atomic mass is 19.4. The van der Waals surface area contributed by atoms with Gasteiger partial charge in [-0.2, -0.15) is 0 Å². The Morgan fingerprint density at radius 2 is 2.11 bits per heavy atom.